The number of hydrogen-bond acceptors (Lipinski definition) is 13. The second kappa shape index (κ2) is 23.5. The van der Waals surface area contributed by atoms with E-state index < -0.39 is 140 Å². The van der Waals surface area contributed by atoms with Crippen LogP contribution in [0.1, 0.15) is 71.6 Å². The third-order valence-electron chi connectivity index (χ3n) is 7.32. The molecule has 16 N–H and O–H groups in total. The summed E-state index contributed by atoms with van der Waals surface area (Å²) in [6.07, 6.45) is -5.63. The van der Waals surface area contributed by atoms with Gasteiger partial charge in [0, 0.05) is 19.3 Å². The monoisotopic (exact) mass is 734 g/mol. The molecule has 6 amide bonds. The van der Waals surface area contributed by atoms with Crippen molar-refractivity contribution in [2.24, 2.45) is 17.2 Å². The molecule has 51 heavy (non-hydrogen) atoms. The Bertz CT molecular complexity index is 1250. The van der Waals surface area contributed by atoms with Crippen LogP contribution in [-0.4, -0.2) is 134 Å². The number of carboxylic acids is 3. The first-order valence-electron chi connectivity index (χ1n) is 16.0. The number of aliphatic carboxylic acids is 3. The highest BCUT2D eigenvalue weighted by molar-refractivity contribution is 5.97. The van der Waals surface area contributed by atoms with E-state index in [0.717, 1.165) is 6.92 Å². The first-order valence-corrected chi connectivity index (χ1v) is 16.0. The molecule has 0 bridgehead atoms. The lowest BCUT2D eigenvalue weighted by molar-refractivity contribution is -0.143. The van der Waals surface area contributed by atoms with Crippen molar-refractivity contribution in [3.63, 3.8) is 0 Å². The molecule has 290 valence electrons. The Labute approximate surface area is 292 Å². The molecule has 0 aliphatic rings. The minimum absolute atomic E-state index is 0.0319. The smallest absolute Gasteiger partial charge is 0.326 e. The van der Waals surface area contributed by atoms with Crippen molar-refractivity contribution in [2.45, 2.75) is 120 Å². The quantitative estimate of drug-likeness (QED) is 0.0369. The minimum atomic E-state index is -1.87. The summed E-state index contributed by atoms with van der Waals surface area (Å²) in [5.41, 5.74) is 16.2. The van der Waals surface area contributed by atoms with Gasteiger partial charge < -0.3 is 69.3 Å². The molecule has 0 unspecified atom stereocenters. The fourth-order valence-corrected chi connectivity index (χ4v) is 4.33. The van der Waals surface area contributed by atoms with Crippen LogP contribution in [0, 0.1) is 0 Å². The predicted octanol–water partition coefficient (Wildman–Crippen LogP) is -5.29. The Balaban J connectivity index is 6.21. The van der Waals surface area contributed by atoms with Gasteiger partial charge in [0.25, 0.3) is 0 Å². The van der Waals surface area contributed by atoms with Crippen molar-refractivity contribution in [2.75, 3.05) is 6.54 Å². The molecule has 0 rings (SSSR count). The zero-order valence-corrected chi connectivity index (χ0v) is 28.3. The number of carbonyl (C=O) groups excluding carboxylic acids is 6. The molecule has 0 spiro atoms. The molecule has 0 aromatic carbocycles. The summed E-state index contributed by atoms with van der Waals surface area (Å²) >= 11 is 0. The van der Waals surface area contributed by atoms with Crippen LogP contribution in [-0.2, 0) is 43.2 Å². The number of nitrogens with two attached hydrogens (primary N) is 3. The number of carbonyl (C=O) groups is 9. The summed E-state index contributed by atoms with van der Waals surface area (Å²) < 4.78 is 0. The Kier molecular flexibility index (Phi) is 21.2. The van der Waals surface area contributed by atoms with Crippen LogP contribution in [0.15, 0.2) is 0 Å². The zero-order valence-electron chi connectivity index (χ0n) is 28.3. The molecule has 0 radical (unpaired) electrons. The van der Waals surface area contributed by atoms with E-state index in [1.807, 2.05) is 0 Å². The van der Waals surface area contributed by atoms with Crippen LogP contribution in [0.4, 0.5) is 0 Å². The van der Waals surface area contributed by atoms with Crippen LogP contribution in [0.3, 0.4) is 0 Å². The summed E-state index contributed by atoms with van der Waals surface area (Å²) in [7, 11) is 0. The zero-order chi connectivity index (χ0) is 39.4. The molecule has 0 aromatic rings. The minimum Gasteiger partial charge on any atom is -0.481 e. The molecular weight excluding hydrogens is 684 g/mol. The van der Waals surface area contributed by atoms with Crippen molar-refractivity contribution in [3.05, 3.63) is 0 Å². The van der Waals surface area contributed by atoms with Crippen LogP contribution in [0.25, 0.3) is 0 Å². The molecule has 0 heterocycles. The van der Waals surface area contributed by atoms with E-state index >= 15 is 0 Å². The number of carboxylic acid groups (broad SMARTS) is 3. The van der Waals surface area contributed by atoms with E-state index in [4.69, 9.17) is 27.4 Å². The van der Waals surface area contributed by atoms with Crippen molar-refractivity contribution in [1.29, 1.82) is 0 Å². The Morgan fingerprint density at radius 2 is 0.961 bits per heavy atom. The highest BCUT2D eigenvalue weighted by atomic mass is 16.4. The number of nitrogens with one attached hydrogen (secondary N) is 5. The molecule has 22 nitrogen and oxygen atoms in total. The first kappa shape index (κ1) is 46.1. The standard InChI is InChI=1S/C29H50N8O14/c1-13(38)22(32)27(48)34-17(8-11-21(43)44)26(47)37-23(14(2)39)28(49)35-15(6-9-19(31)40)24(45)33-16(7-10-20(41)42)25(46)36-18(29(50)51)5-3-4-12-30/h13-18,22-23,38-39H,3-12,30,32H2,1-2H3,(H2,31,40)(H,33,45)(H,34,48)(H,35,49)(H,36,46)(H,37,47)(H,41,42)(H,43,44)(H,50,51)/t13-,14-,15+,16+,17+,18+,22+,23+/m1/s1. The number of hydrogen-bond donors (Lipinski definition) is 13. The summed E-state index contributed by atoms with van der Waals surface area (Å²) in [4.78, 5) is 111. The van der Waals surface area contributed by atoms with E-state index in [0.29, 0.717) is 12.8 Å². The van der Waals surface area contributed by atoms with Crippen molar-refractivity contribution in [1.82, 2.24) is 26.6 Å². The summed E-state index contributed by atoms with van der Waals surface area (Å²) in [5.74, 6) is -10.7. The maximum atomic E-state index is 13.4. The van der Waals surface area contributed by atoms with Gasteiger partial charge in [0.15, 0.2) is 0 Å². The first-order chi connectivity index (χ1) is 23.7. The average molecular weight is 735 g/mol. The lowest BCUT2D eigenvalue weighted by Crippen LogP contribution is -2.61. The van der Waals surface area contributed by atoms with E-state index in [9.17, 15) is 58.5 Å². The molecule has 22 heteroatoms. The van der Waals surface area contributed by atoms with Crippen molar-refractivity contribution >= 4 is 53.4 Å². The molecule has 0 fully saturated rings. The number of aliphatic hydroxyl groups is 2. The molecule has 0 saturated carbocycles. The van der Waals surface area contributed by atoms with Gasteiger partial charge in [0.1, 0.15) is 36.3 Å². The van der Waals surface area contributed by atoms with Gasteiger partial charge >= 0.3 is 17.9 Å². The largest absolute Gasteiger partial charge is 0.481 e. The maximum Gasteiger partial charge on any atom is 0.326 e. The number of primary amides is 1. The van der Waals surface area contributed by atoms with Gasteiger partial charge in [-0.3, -0.25) is 38.4 Å². The highest BCUT2D eigenvalue weighted by Crippen LogP contribution is 2.08. The van der Waals surface area contributed by atoms with Gasteiger partial charge in [-0.15, -0.1) is 0 Å². The fraction of sp³-hybridized carbons (Fsp3) is 0.690. The van der Waals surface area contributed by atoms with Gasteiger partial charge in [0.2, 0.25) is 35.4 Å². The second-order valence-electron chi connectivity index (χ2n) is 11.7. The van der Waals surface area contributed by atoms with Crippen LogP contribution >= 0.6 is 0 Å². The molecule has 0 aromatic heterocycles. The Morgan fingerprint density at radius 1 is 0.549 bits per heavy atom. The van der Waals surface area contributed by atoms with E-state index in [1.165, 1.54) is 6.92 Å². The van der Waals surface area contributed by atoms with E-state index in [-0.39, 0.29) is 13.0 Å². The lowest BCUT2D eigenvalue weighted by Gasteiger charge is -2.28. The number of aliphatic hydroxyl groups excluding tert-OH is 2. The maximum absolute atomic E-state index is 13.4. The molecule has 0 aliphatic heterocycles. The van der Waals surface area contributed by atoms with Crippen LogP contribution in [0.2, 0.25) is 0 Å². The summed E-state index contributed by atoms with van der Waals surface area (Å²) in [6, 6.07) is -9.77. The summed E-state index contributed by atoms with van der Waals surface area (Å²) in [5, 5.41) is 58.7. The lowest BCUT2D eigenvalue weighted by atomic mass is 10.0. The predicted molar refractivity (Wildman–Crippen MR) is 174 cm³/mol. The van der Waals surface area contributed by atoms with Crippen LogP contribution < -0.4 is 43.8 Å². The average Bonchev–Trinajstić information content (AvgIpc) is 3.03. The molecule has 0 saturated heterocycles. The SMILES string of the molecule is C[C@@H](O)[C@H](N)C(=O)N[C@@H](CCC(=O)O)C(=O)N[C@H](C(=O)N[C@@H](CCC(N)=O)C(=O)N[C@@H](CCC(=O)O)C(=O)N[C@@H](CCCCN)C(=O)O)[C@@H](C)O. The fourth-order valence-electron chi connectivity index (χ4n) is 4.33. The summed E-state index contributed by atoms with van der Waals surface area (Å²) in [6.45, 7) is 2.51. The molecular formula is C29H50N8O14. The normalized spacial score (nSPS) is 15.6. The van der Waals surface area contributed by atoms with E-state index in [2.05, 4.69) is 26.6 Å². The molecule has 0 aliphatic carbocycles. The highest BCUT2D eigenvalue weighted by Gasteiger charge is 2.35. The van der Waals surface area contributed by atoms with Gasteiger partial charge in [-0.1, -0.05) is 0 Å². The topological polar surface area (TPSA) is 393 Å². The number of amides is 6. The third kappa shape index (κ3) is 18.6. The van der Waals surface area contributed by atoms with Crippen molar-refractivity contribution < 1.29 is 68.7 Å². The third-order valence-corrected chi connectivity index (χ3v) is 7.32. The van der Waals surface area contributed by atoms with Crippen LogP contribution in [0.5, 0.6) is 0 Å². The van der Waals surface area contributed by atoms with E-state index in [1.54, 1.807) is 0 Å². The van der Waals surface area contributed by atoms with Gasteiger partial charge in [0.05, 0.1) is 12.2 Å². The second-order valence-corrected chi connectivity index (χ2v) is 11.7. The van der Waals surface area contributed by atoms with Gasteiger partial charge in [-0.05, 0) is 58.9 Å². The Hall–Kier alpha value is -4.93. The number of unbranched alkanes of at least 4 members (excludes halogenated alkanes) is 1. The van der Waals surface area contributed by atoms with Gasteiger partial charge in [-0.25, -0.2) is 4.79 Å². The van der Waals surface area contributed by atoms with Crippen molar-refractivity contribution in [3.8, 4) is 0 Å². The number of rotatable bonds is 26. The van der Waals surface area contributed by atoms with Gasteiger partial charge in [-0.2, -0.15) is 0 Å². The Morgan fingerprint density at radius 3 is 1.35 bits per heavy atom. The molecule has 8 atom stereocenters.